The summed E-state index contributed by atoms with van der Waals surface area (Å²) in [6, 6.07) is 14.8. The lowest BCUT2D eigenvalue weighted by Gasteiger charge is -2.29. The van der Waals surface area contributed by atoms with Gasteiger partial charge in [-0.15, -0.1) is 0 Å². The maximum Gasteiger partial charge on any atom is 0.291 e. The van der Waals surface area contributed by atoms with Gasteiger partial charge in [0.1, 0.15) is 5.82 Å². The number of anilines is 1. The number of hydrogen-bond donors (Lipinski definition) is 0. The fourth-order valence-electron chi connectivity index (χ4n) is 4.62. The lowest BCUT2D eigenvalue weighted by Crippen LogP contribution is -2.34. The lowest BCUT2D eigenvalue weighted by atomic mass is 9.99. The number of imidazole rings is 1. The van der Waals surface area contributed by atoms with Crippen LogP contribution >= 0.6 is 0 Å². The van der Waals surface area contributed by atoms with Crippen LogP contribution in [0.3, 0.4) is 0 Å². The molecule has 0 atom stereocenters. The number of benzene rings is 2. The Labute approximate surface area is 208 Å². The van der Waals surface area contributed by atoms with Gasteiger partial charge in [-0.05, 0) is 43.5 Å². The van der Waals surface area contributed by atoms with E-state index in [9.17, 15) is 8.78 Å². The molecule has 0 radical (unpaired) electrons. The molecule has 6 nitrogen and oxygen atoms in total. The molecule has 5 rings (SSSR count). The molecule has 0 spiro atoms. The number of aryl methyl sites for hydroxylation is 1. The first-order chi connectivity index (χ1) is 17.4. The molecule has 0 N–H and O–H groups in total. The van der Waals surface area contributed by atoms with Crippen LogP contribution in [-0.4, -0.2) is 32.6 Å². The average molecular weight is 485 g/mol. The van der Waals surface area contributed by atoms with Gasteiger partial charge in [0.25, 0.3) is 5.92 Å². The lowest BCUT2D eigenvalue weighted by molar-refractivity contribution is 0.0521. The molecule has 1 fully saturated rings. The summed E-state index contributed by atoms with van der Waals surface area (Å²) in [5.74, 6) is -1.52. The standard InChI is InChI=1S/C28H26F2N6/c1-3-12-28(29,30)23-8-9-25-24(15-23)34-26(35(25)2)21-6-4-20(5-7-21)22-17-32-27(33-18-22)36-13-10-19(16-31)11-14-36/h3-9,12,15,17-19H,10-11,13-14H2,1-2H3. The number of fused-ring (bicyclic) bond motifs is 1. The number of aromatic nitrogens is 4. The van der Waals surface area contributed by atoms with Crippen molar-refractivity contribution < 1.29 is 8.78 Å². The summed E-state index contributed by atoms with van der Waals surface area (Å²) >= 11 is 0. The normalized spacial score (nSPS) is 15.0. The van der Waals surface area contributed by atoms with Crippen LogP contribution in [0.5, 0.6) is 0 Å². The smallest absolute Gasteiger partial charge is 0.291 e. The molecule has 1 aliphatic rings. The van der Waals surface area contributed by atoms with Crippen molar-refractivity contribution in [3.8, 4) is 28.6 Å². The molecule has 2 aromatic heterocycles. The highest BCUT2D eigenvalue weighted by molar-refractivity contribution is 5.82. The minimum atomic E-state index is -3.03. The third kappa shape index (κ3) is 4.44. The Bertz CT molecular complexity index is 1440. The molecule has 1 aliphatic heterocycles. The van der Waals surface area contributed by atoms with Crippen LogP contribution in [0.4, 0.5) is 14.7 Å². The van der Waals surface area contributed by atoms with Gasteiger partial charge in [0.05, 0.1) is 17.1 Å². The highest BCUT2D eigenvalue weighted by atomic mass is 19.3. The zero-order valence-corrected chi connectivity index (χ0v) is 20.2. The minimum Gasteiger partial charge on any atom is -0.341 e. The molecule has 2 aromatic carbocycles. The van der Waals surface area contributed by atoms with Gasteiger partial charge in [-0.1, -0.05) is 36.4 Å². The molecular formula is C28H26F2N6. The Morgan fingerprint density at radius 3 is 2.31 bits per heavy atom. The summed E-state index contributed by atoms with van der Waals surface area (Å²) in [6.07, 6.45) is 7.55. The van der Waals surface area contributed by atoms with Crippen molar-refractivity contribution >= 4 is 17.0 Å². The molecule has 36 heavy (non-hydrogen) atoms. The first kappa shape index (κ1) is 23.6. The summed E-state index contributed by atoms with van der Waals surface area (Å²) in [5, 5.41) is 9.08. The van der Waals surface area contributed by atoms with E-state index in [2.05, 4.69) is 25.9 Å². The number of nitriles is 1. The fraction of sp³-hybridized carbons (Fsp3) is 0.286. The van der Waals surface area contributed by atoms with E-state index >= 15 is 0 Å². The van der Waals surface area contributed by atoms with Crippen molar-refractivity contribution in [1.29, 1.82) is 5.26 Å². The van der Waals surface area contributed by atoms with E-state index in [1.54, 1.807) is 13.0 Å². The first-order valence-electron chi connectivity index (χ1n) is 12.0. The number of nitrogens with zero attached hydrogens (tertiary/aromatic N) is 6. The number of rotatable bonds is 5. The molecule has 182 valence electrons. The van der Waals surface area contributed by atoms with Crippen LogP contribution in [0.25, 0.3) is 33.5 Å². The Kier molecular flexibility index (Phi) is 6.23. The zero-order valence-electron chi connectivity index (χ0n) is 20.2. The van der Waals surface area contributed by atoms with Crippen molar-refractivity contribution in [1.82, 2.24) is 19.5 Å². The maximum absolute atomic E-state index is 14.3. The summed E-state index contributed by atoms with van der Waals surface area (Å²) in [6.45, 7) is 3.16. The van der Waals surface area contributed by atoms with Crippen LogP contribution in [0.15, 0.2) is 67.0 Å². The van der Waals surface area contributed by atoms with Crippen LogP contribution in [0.2, 0.25) is 0 Å². The SMILES string of the molecule is CC=CC(F)(F)c1ccc2c(c1)nc(-c1ccc(-c3cnc(N4CCC(C#N)CC4)nc3)cc1)n2C. The Balaban J connectivity index is 1.36. The topological polar surface area (TPSA) is 70.6 Å². The van der Waals surface area contributed by atoms with E-state index in [4.69, 9.17) is 5.26 Å². The third-order valence-electron chi connectivity index (χ3n) is 6.72. The predicted octanol–water partition coefficient (Wildman–Crippen LogP) is 6.11. The monoisotopic (exact) mass is 484 g/mol. The quantitative estimate of drug-likeness (QED) is 0.320. The maximum atomic E-state index is 14.3. The van der Waals surface area contributed by atoms with Crippen LogP contribution in [0, 0.1) is 17.2 Å². The number of halogens is 2. The van der Waals surface area contributed by atoms with Crippen LogP contribution in [-0.2, 0) is 13.0 Å². The second-order valence-electron chi connectivity index (χ2n) is 9.06. The second kappa shape index (κ2) is 9.50. The molecule has 0 unspecified atom stereocenters. The Morgan fingerprint density at radius 2 is 1.67 bits per heavy atom. The van der Waals surface area contributed by atoms with E-state index in [1.807, 2.05) is 48.3 Å². The zero-order chi connectivity index (χ0) is 25.3. The summed E-state index contributed by atoms with van der Waals surface area (Å²) in [5.41, 5.74) is 4.00. The molecule has 0 aliphatic carbocycles. The molecule has 0 bridgehead atoms. The van der Waals surface area contributed by atoms with E-state index in [0.717, 1.165) is 54.2 Å². The summed E-state index contributed by atoms with van der Waals surface area (Å²) in [4.78, 5) is 15.9. The van der Waals surface area contributed by atoms with Gasteiger partial charge < -0.3 is 9.47 Å². The number of allylic oxidation sites excluding steroid dienone is 2. The molecule has 4 aromatic rings. The highest BCUT2D eigenvalue weighted by Crippen LogP contribution is 2.33. The Hall–Kier alpha value is -4.12. The van der Waals surface area contributed by atoms with Gasteiger partial charge in [0, 0.05) is 55.1 Å². The summed E-state index contributed by atoms with van der Waals surface area (Å²) < 4.78 is 30.6. The van der Waals surface area contributed by atoms with Crippen LogP contribution in [0.1, 0.15) is 25.3 Å². The van der Waals surface area contributed by atoms with Gasteiger partial charge in [0.15, 0.2) is 0 Å². The second-order valence-corrected chi connectivity index (χ2v) is 9.06. The number of hydrogen-bond acceptors (Lipinski definition) is 5. The fourth-order valence-corrected chi connectivity index (χ4v) is 4.62. The highest BCUT2D eigenvalue weighted by Gasteiger charge is 2.28. The largest absolute Gasteiger partial charge is 0.341 e. The van der Waals surface area contributed by atoms with Crippen molar-refractivity contribution in [2.24, 2.45) is 13.0 Å². The molecule has 3 heterocycles. The van der Waals surface area contributed by atoms with Gasteiger partial charge in [0.2, 0.25) is 5.95 Å². The van der Waals surface area contributed by atoms with Crippen molar-refractivity contribution in [3.05, 3.63) is 72.6 Å². The Morgan fingerprint density at radius 1 is 1.00 bits per heavy atom. The van der Waals surface area contributed by atoms with E-state index in [-0.39, 0.29) is 11.5 Å². The number of piperidine rings is 1. The van der Waals surface area contributed by atoms with Crippen molar-refractivity contribution in [3.63, 3.8) is 0 Å². The van der Waals surface area contributed by atoms with E-state index in [0.29, 0.717) is 17.3 Å². The van der Waals surface area contributed by atoms with Gasteiger partial charge in [-0.3, -0.25) is 0 Å². The molecule has 0 saturated carbocycles. The van der Waals surface area contributed by atoms with Crippen LogP contribution < -0.4 is 4.90 Å². The average Bonchev–Trinajstić information content (AvgIpc) is 3.24. The van der Waals surface area contributed by atoms with Crippen molar-refractivity contribution in [2.45, 2.75) is 25.7 Å². The van der Waals surface area contributed by atoms with Gasteiger partial charge >= 0.3 is 0 Å². The molecule has 1 saturated heterocycles. The van der Waals surface area contributed by atoms with E-state index in [1.165, 1.54) is 18.2 Å². The molecular weight excluding hydrogens is 458 g/mol. The summed E-state index contributed by atoms with van der Waals surface area (Å²) in [7, 11) is 1.88. The third-order valence-corrected chi connectivity index (χ3v) is 6.72. The first-order valence-corrected chi connectivity index (χ1v) is 12.0. The van der Waals surface area contributed by atoms with Gasteiger partial charge in [-0.2, -0.15) is 14.0 Å². The predicted molar refractivity (Wildman–Crippen MR) is 136 cm³/mol. The van der Waals surface area contributed by atoms with E-state index < -0.39 is 5.92 Å². The molecule has 8 heteroatoms. The van der Waals surface area contributed by atoms with Crippen molar-refractivity contribution in [2.75, 3.05) is 18.0 Å². The van der Waals surface area contributed by atoms with Gasteiger partial charge in [-0.25, -0.2) is 15.0 Å². The minimum absolute atomic E-state index is 0.0778. The number of alkyl halides is 2. The molecule has 0 amide bonds.